The second-order valence-corrected chi connectivity index (χ2v) is 6.59. The SMILES string of the molecule is CN=C(NCCOc1ccccc1C(C)C)NCCc1ccc(Cl)nc1. The number of aromatic nitrogens is 1. The molecule has 0 aliphatic carbocycles. The topological polar surface area (TPSA) is 58.5 Å². The fourth-order valence-electron chi connectivity index (χ4n) is 2.52. The molecule has 0 atom stereocenters. The number of benzene rings is 1. The molecule has 1 aromatic heterocycles. The molecule has 0 aliphatic heterocycles. The third kappa shape index (κ3) is 6.56. The van der Waals surface area contributed by atoms with Gasteiger partial charge >= 0.3 is 0 Å². The molecule has 0 aliphatic rings. The molecular formula is C20H27ClN4O. The molecule has 1 aromatic carbocycles. The number of hydrogen-bond donors (Lipinski definition) is 2. The lowest BCUT2D eigenvalue weighted by atomic mass is 10.0. The molecule has 2 rings (SSSR count). The highest BCUT2D eigenvalue weighted by Gasteiger charge is 2.06. The standard InChI is InChI=1S/C20H27ClN4O/c1-15(2)17-6-4-5-7-18(17)26-13-12-24-20(22-3)23-11-10-16-8-9-19(21)25-14-16/h4-9,14-15H,10-13H2,1-3H3,(H2,22,23,24). The first-order valence-corrected chi connectivity index (χ1v) is 9.24. The molecule has 0 radical (unpaired) electrons. The third-order valence-corrected chi connectivity index (χ3v) is 4.14. The van der Waals surface area contributed by atoms with E-state index in [1.807, 2.05) is 24.3 Å². The molecule has 0 spiro atoms. The van der Waals surface area contributed by atoms with Crippen molar-refractivity contribution >= 4 is 17.6 Å². The third-order valence-electron chi connectivity index (χ3n) is 3.91. The van der Waals surface area contributed by atoms with Crippen molar-refractivity contribution in [2.45, 2.75) is 26.2 Å². The largest absolute Gasteiger partial charge is 0.491 e. The van der Waals surface area contributed by atoms with Gasteiger partial charge in [-0.15, -0.1) is 0 Å². The van der Waals surface area contributed by atoms with Crippen LogP contribution < -0.4 is 15.4 Å². The fourth-order valence-corrected chi connectivity index (χ4v) is 2.63. The molecule has 26 heavy (non-hydrogen) atoms. The van der Waals surface area contributed by atoms with Crippen LogP contribution in [0.1, 0.15) is 30.9 Å². The first-order valence-electron chi connectivity index (χ1n) is 8.87. The van der Waals surface area contributed by atoms with E-state index in [2.05, 4.69) is 40.5 Å². The van der Waals surface area contributed by atoms with Crippen LogP contribution in [-0.4, -0.2) is 37.7 Å². The second-order valence-electron chi connectivity index (χ2n) is 6.21. The zero-order valence-electron chi connectivity index (χ0n) is 15.6. The summed E-state index contributed by atoms with van der Waals surface area (Å²) in [4.78, 5) is 8.31. The first kappa shape index (κ1) is 20.0. The van der Waals surface area contributed by atoms with Gasteiger partial charge in [0.15, 0.2) is 5.96 Å². The number of rotatable bonds is 8. The van der Waals surface area contributed by atoms with Gasteiger partial charge in [0.05, 0.1) is 6.54 Å². The highest BCUT2D eigenvalue weighted by Crippen LogP contribution is 2.25. The van der Waals surface area contributed by atoms with Crippen molar-refractivity contribution in [3.8, 4) is 5.75 Å². The van der Waals surface area contributed by atoms with Crippen molar-refractivity contribution in [3.63, 3.8) is 0 Å². The van der Waals surface area contributed by atoms with Gasteiger partial charge in [0.2, 0.25) is 0 Å². The number of aliphatic imine (C=N–C) groups is 1. The summed E-state index contributed by atoms with van der Waals surface area (Å²) >= 11 is 5.79. The van der Waals surface area contributed by atoms with E-state index in [0.717, 1.165) is 30.2 Å². The van der Waals surface area contributed by atoms with Crippen LogP contribution in [0.3, 0.4) is 0 Å². The van der Waals surface area contributed by atoms with Crippen LogP contribution in [0.25, 0.3) is 0 Å². The molecule has 140 valence electrons. The van der Waals surface area contributed by atoms with E-state index in [1.165, 1.54) is 5.56 Å². The number of nitrogens with zero attached hydrogens (tertiary/aromatic N) is 2. The Bertz CT molecular complexity index is 701. The van der Waals surface area contributed by atoms with Crippen LogP contribution >= 0.6 is 11.6 Å². The van der Waals surface area contributed by atoms with Crippen molar-refractivity contribution in [1.82, 2.24) is 15.6 Å². The van der Waals surface area contributed by atoms with Gasteiger partial charge in [0, 0.05) is 19.8 Å². The maximum atomic E-state index is 5.91. The Balaban J connectivity index is 1.70. The van der Waals surface area contributed by atoms with E-state index in [0.29, 0.717) is 24.2 Å². The minimum atomic E-state index is 0.441. The van der Waals surface area contributed by atoms with Crippen molar-refractivity contribution in [2.24, 2.45) is 4.99 Å². The monoisotopic (exact) mass is 374 g/mol. The van der Waals surface area contributed by atoms with E-state index < -0.39 is 0 Å². The van der Waals surface area contributed by atoms with Crippen molar-refractivity contribution in [1.29, 1.82) is 0 Å². The fraction of sp³-hybridized carbons (Fsp3) is 0.400. The lowest BCUT2D eigenvalue weighted by Crippen LogP contribution is -2.40. The zero-order valence-corrected chi connectivity index (χ0v) is 16.4. The van der Waals surface area contributed by atoms with Gasteiger partial charge in [0.25, 0.3) is 0 Å². The Kier molecular flexibility index (Phi) is 8.22. The number of hydrogen-bond acceptors (Lipinski definition) is 3. The molecule has 0 saturated carbocycles. The quantitative estimate of drug-likeness (QED) is 0.320. The molecule has 1 heterocycles. The van der Waals surface area contributed by atoms with E-state index in [9.17, 15) is 0 Å². The predicted molar refractivity (Wildman–Crippen MR) is 108 cm³/mol. The molecule has 2 N–H and O–H groups in total. The van der Waals surface area contributed by atoms with Crippen LogP contribution in [0.2, 0.25) is 5.15 Å². The first-order chi connectivity index (χ1) is 12.6. The smallest absolute Gasteiger partial charge is 0.191 e. The van der Waals surface area contributed by atoms with Gasteiger partial charge in [-0.3, -0.25) is 4.99 Å². The van der Waals surface area contributed by atoms with Crippen LogP contribution in [-0.2, 0) is 6.42 Å². The van der Waals surface area contributed by atoms with Crippen LogP contribution in [0.5, 0.6) is 5.75 Å². The number of halogens is 1. The normalized spacial score (nSPS) is 11.5. The van der Waals surface area contributed by atoms with Crippen molar-refractivity contribution in [2.75, 3.05) is 26.7 Å². The molecule has 5 nitrogen and oxygen atoms in total. The zero-order chi connectivity index (χ0) is 18.8. The average Bonchev–Trinajstić information content (AvgIpc) is 2.65. The Morgan fingerprint density at radius 1 is 1.15 bits per heavy atom. The summed E-state index contributed by atoms with van der Waals surface area (Å²) in [5.74, 6) is 2.14. The molecule has 0 amide bonds. The van der Waals surface area contributed by atoms with Crippen LogP contribution in [0.4, 0.5) is 0 Å². The van der Waals surface area contributed by atoms with E-state index in [-0.39, 0.29) is 0 Å². The van der Waals surface area contributed by atoms with Gasteiger partial charge in [-0.2, -0.15) is 0 Å². The van der Waals surface area contributed by atoms with E-state index in [4.69, 9.17) is 16.3 Å². The summed E-state index contributed by atoms with van der Waals surface area (Å²) in [6.07, 6.45) is 2.64. The highest BCUT2D eigenvalue weighted by molar-refractivity contribution is 6.29. The Labute approximate surface area is 160 Å². The van der Waals surface area contributed by atoms with Crippen molar-refractivity contribution in [3.05, 3.63) is 58.9 Å². The van der Waals surface area contributed by atoms with E-state index in [1.54, 1.807) is 19.3 Å². The molecule has 0 fully saturated rings. The Morgan fingerprint density at radius 3 is 2.62 bits per heavy atom. The van der Waals surface area contributed by atoms with Gasteiger partial charge in [0.1, 0.15) is 17.5 Å². The number of nitrogens with one attached hydrogen (secondary N) is 2. The number of ether oxygens (including phenoxy) is 1. The molecule has 0 saturated heterocycles. The van der Waals surface area contributed by atoms with Gasteiger partial charge in [-0.1, -0.05) is 49.7 Å². The van der Waals surface area contributed by atoms with Gasteiger partial charge in [-0.25, -0.2) is 4.98 Å². The van der Waals surface area contributed by atoms with Crippen LogP contribution in [0.15, 0.2) is 47.6 Å². The summed E-state index contributed by atoms with van der Waals surface area (Å²) in [6, 6.07) is 12.0. The predicted octanol–water partition coefficient (Wildman–Crippen LogP) is 3.64. The maximum absolute atomic E-state index is 5.91. The number of pyridine rings is 1. The summed E-state index contributed by atoms with van der Waals surface area (Å²) in [5.41, 5.74) is 2.36. The summed E-state index contributed by atoms with van der Waals surface area (Å²) < 4.78 is 5.91. The Morgan fingerprint density at radius 2 is 1.92 bits per heavy atom. The molecule has 6 heteroatoms. The van der Waals surface area contributed by atoms with Gasteiger partial charge < -0.3 is 15.4 Å². The number of guanidine groups is 1. The highest BCUT2D eigenvalue weighted by atomic mass is 35.5. The summed E-state index contributed by atoms with van der Waals surface area (Å²) in [7, 11) is 1.76. The second kappa shape index (κ2) is 10.7. The lowest BCUT2D eigenvalue weighted by molar-refractivity contribution is 0.317. The van der Waals surface area contributed by atoms with Crippen LogP contribution in [0, 0.1) is 0 Å². The Hall–Kier alpha value is -2.27. The molecular weight excluding hydrogens is 348 g/mol. The number of para-hydroxylation sites is 1. The summed E-state index contributed by atoms with van der Waals surface area (Å²) in [6.45, 7) is 6.35. The molecule has 2 aromatic rings. The van der Waals surface area contributed by atoms with Gasteiger partial charge in [-0.05, 0) is 35.6 Å². The maximum Gasteiger partial charge on any atom is 0.191 e. The minimum absolute atomic E-state index is 0.441. The minimum Gasteiger partial charge on any atom is -0.491 e. The lowest BCUT2D eigenvalue weighted by Gasteiger charge is -2.15. The average molecular weight is 375 g/mol. The van der Waals surface area contributed by atoms with Crippen molar-refractivity contribution < 1.29 is 4.74 Å². The van der Waals surface area contributed by atoms with E-state index >= 15 is 0 Å². The molecule has 0 unspecified atom stereocenters. The summed E-state index contributed by atoms with van der Waals surface area (Å²) in [5, 5.41) is 7.06. The molecule has 0 bridgehead atoms.